The number of carbonyl (C=O) groups excluding carboxylic acids is 1. The molecule has 0 bridgehead atoms. The summed E-state index contributed by atoms with van der Waals surface area (Å²) >= 11 is 0. The molecule has 8 nitrogen and oxygen atoms in total. The Morgan fingerprint density at radius 2 is 1.61 bits per heavy atom. The van der Waals surface area contributed by atoms with E-state index in [0.717, 1.165) is 30.6 Å². The maximum Gasteiger partial charge on any atom is 0.255 e. The van der Waals surface area contributed by atoms with Crippen LogP contribution in [0.15, 0.2) is 54.6 Å². The summed E-state index contributed by atoms with van der Waals surface area (Å²) in [5.41, 5.74) is 2.16. The van der Waals surface area contributed by atoms with Crippen LogP contribution in [0.5, 0.6) is 17.5 Å². The van der Waals surface area contributed by atoms with E-state index in [2.05, 4.69) is 39.2 Å². The van der Waals surface area contributed by atoms with Gasteiger partial charge in [0.1, 0.15) is 11.6 Å². The van der Waals surface area contributed by atoms with Gasteiger partial charge >= 0.3 is 0 Å². The molecule has 1 aromatic heterocycles. The number of rotatable bonds is 15. The van der Waals surface area contributed by atoms with E-state index < -0.39 is 0 Å². The highest BCUT2D eigenvalue weighted by Gasteiger charge is 2.29. The molecule has 0 radical (unpaired) electrons. The largest absolute Gasteiger partial charge is 0.507 e. The van der Waals surface area contributed by atoms with Gasteiger partial charge in [0.15, 0.2) is 0 Å². The zero-order chi connectivity index (χ0) is 27.3. The molecule has 1 heterocycles. The molecule has 204 valence electrons. The first kappa shape index (κ1) is 28.8. The summed E-state index contributed by atoms with van der Waals surface area (Å²) in [4.78, 5) is 24.2. The lowest BCUT2D eigenvalue weighted by atomic mass is 9.99. The molecule has 8 heteroatoms. The molecule has 1 atom stereocenters. The van der Waals surface area contributed by atoms with Gasteiger partial charge in [0, 0.05) is 18.8 Å². The van der Waals surface area contributed by atoms with Crippen molar-refractivity contribution in [2.75, 3.05) is 32.2 Å². The van der Waals surface area contributed by atoms with Crippen LogP contribution in [0.25, 0.3) is 0 Å². The topological polar surface area (TPSA) is 96.8 Å². The molecule has 2 N–H and O–H groups in total. The number of amides is 1. The summed E-state index contributed by atoms with van der Waals surface area (Å²) in [7, 11) is 3.23. The highest BCUT2D eigenvalue weighted by molar-refractivity contribution is 5.96. The number of para-hydroxylation sites is 2. The van der Waals surface area contributed by atoms with Crippen LogP contribution >= 0.6 is 0 Å². The number of ether oxygens (including phenoxy) is 2. The summed E-state index contributed by atoms with van der Waals surface area (Å²) in [6.07, 6.45) is 5.92. The minimum atomic E-state index is -0.298. The molecule has 38 heavy (non-hydrogen) atoms. The molecule has 2 aromatic carbocycles. The highest BCUT2D eigenvalue weighted by Crippen LogP contribution is 2.40. The zero-order valence-corrected chi connectivity index (χ0v) is 22.9. The van der Waals surface area contributed by atoms with Gasteiger partial charge < -0.3 is 24.8 Å². The molecule has 1 unspecified atom stereocenters. The molecule has 0 saturated carbocycles. The first-order chi connectivity index (χ1) is 18.5. The Labute approximate surface area is 226 Å². The van der Waals surface area contributed by atoms with Crippen LogP contribution in [0.2, 0.25) is 0 Å². The Balaban J connectivity index is 1.90. The van der Waals surface area contributed by atoms with Crippen LogP contribution in [-0.4, -0.2) is 48.3 Å². The van der Waals surface area contributed by atoms with Gasteiger partial charge in [0.05, 0.1) is 31.4 Å². The number of hydrogen-bond acceptors (Lipinski definition) is 7. The third-order valence-electron chi connectivity index (χ3n) is 6.51. The Kier molecular flexibility index (Phi) is 11.2. The number of hydrogen-bond donors (Lipinski definition) is 2. The number of unbranched alkanes of at least 4 members (excludes halogenated alkanes) is 3. The number of anilines is 1. The third kappa shape index (κ3) is 7.60. The molecule has 1 amide bonds. The van der Waals surface area contributed by atoms with Crippen LogP contribution in [0.3, 0.4) is 0 Å². The number of aromatic nitrogens is 2. The predicted molar refractivity (Wildman–Crippen MR) is 150 cm³/mol. The number of aryl methyl sites for hydroxylation is 1. The van der Waals surface area contributed by atoms with Gasteiger partial charge in [-0.2, -0.15) is 9.97 Å². The number of methoxy groups -OCH3 is 2. The number of carbonyl (C=O) groups is 1. The first-order valence-corrected chi connectivity index (χ1v) is 13.3. The molecule has 3 rings (SSSR count). The summed E-state index contributed by atoms with van der Waals surface area (Å²) < 4.78 is 11.5. The average molecular weight is 521 g/mol. The van der Waals surface area contributed by atoms with Gasteiger partial charge in [-0.05, 0) is 50.5 Å². The van der Waals surface area contributed by atoms with Crippen LogP contribution in [0.1, 0.15) is 73.2 Å². The van der Waals surface area contributed by atoms with Crippen molar-refractivity contribution in [2.24, 2.45) is 0 Å². The fourth-order valence-electron chi connectivity index (χ4n) is 4.63. The van der Waals surface area contributed by atoms with Crippen molar-refractivity contribution in [3.05, 3.63) is 71.5 Å². The van der Waals surface area contributed by atoms with Gasteiger partial charge in [0.25, 0.3) is 5.91 Å². The Morgan fingerprint density at radius 1 is 0.947 bits per heavy atom. The third-order valence-corrected chi connectivity index (χ3v) is 6.51. The lowest BCUT2D eigenvalue weighted by Crippen LogP contribution is -2.32. The fourth-order valence-corrected chi connectivity index (χ4v) is 4.63. The molecule has 0 aliphatic carbocycles. The van der Waals surface area contributed by atoms with Crippen LogP contribution < -0.4 is 19.7 Å². The van der Waals surface area contributed by atoms with E-state index in [0.29, 0.717) is 37.0 Å². The van der Waals surface area contributed by atoms with Crippen molar-refractivity contribution >= 4 is 11.6 Å². The number of benzene rings is 2. The van der Waals surface area contributed by atoms with Crippen LogP contribution in [0.4, 0.5) is 5.69 Å². The van der Waals surface area contributed by atoms with E-state index in [1.165, 1.54) is 18.9 Å². The molecule has 0 spiro atoms. The van der Waals surface area contributed by atoms with Crippen molar-refractivity contribution in [3.63, 3.8) is 0 Å². The average Bonchev–Trinajstić information content (AvgIpc) is 2.94. The lowest BCUT2D eigenvalue weighted by molar-refractivity contribution is 0.0950. The smallest absolute Gasteiger partial charge is 0.255 e. The van der Waals surface area contributed by atoms with E-state index in [9.17, 15) is 9.90 Å². The molecule has 0 aliphatic rings. The number of nitrogens with zero attached hydrogens (tertiary/aromatic N) is 3. The second kappa shape index (κ2) is 14.8. The quantitative estimate of drug-likeness (QED) is 0.243. The molecule has 3 aromatic rings. The van der Waals surface area contributed by atoms with E-state index in [-0.39, 0.29) is 23.3 Å². The van der Waals surface area contributed by atoms with Gasteiger partial charge in [0.2, 0.25) is 11.8 Å². The van der Waals surface area contributed by atoms with Crippen molar-refractivity contribution < 1.29 is 19.4 Å². The minimum absolute atomic E-state index is 0.0310. The van der Waals surface area contributed by atoms with Gasteiger partial charge in [-0.1, -0.05) is 56.5 Å². The second-order valence-electron chi connectivity index (χ2n) is 9.22. The number of phenolic OH excluding ortho intramolecular Hbond substituents is 1. The minimum Gasteiger partial charge on any atom is -0.507 e. The standard InChI is InChI=1S/C30H40N4O4/c1-5-6-7-13-21-34(23-15-9-8-10-16-23)25(27-29(37-3)32-22(2)33-30(27)38-4)18-14-20-31-28(36)24-17-11-12-19-26(24)35/h8-12,15-17,19,25,35H,5-7,13-14,18,20-21H2,1-4H3,(H,31,36). The molecule has 0 aliphatic heterocycles. The van der Waals surface area contributed by atoms with E-state index >= 15 is 0 Å². The van der Waals surface area contributed by atoms with Crippen molar-refractivity contribution in [1.82, 2.24) is 15.3 Å². The van der Waals surface area contributed by atoms with Gasteiger partial charge in [-0.15, -0.1) is 0 Å². The highest BCUT2D eigenvalue weighted by atomic mass is 16.5. The Morgan fingerprint density at radius 3 is 2.24 bits per heavy atom. The predicted octanol–water partition coefficient (Wildman–Crippen LogP) is 5.85. The Bertz CT molecular complexity index is 1130. The summed E-state index contributed by atoms with van der Waals surface area (Å²) in [6.45, 7) is 5.32. The van der Waals surface area contributed by atoms with E-state index in [1.807, 2.05) is 25.1 Å². The Hall–Kier alpha value is -3.81. The van der Waals surface area contributed by atoms with Gasteiger partial charge in [-0.25, -0.2) is 0 Å². The van der Waals surface area contributed by atoms with Crippen molar-refractivity contribution in [1.29, 1.82) is 0 Å². The maximum absolute atomic E-state index is 12.6. The van der Waals surface area contributed by atoms with E-state index in [1.54, 1.807) is 32.4 Å². The monoisotopic (exact) mass is 520 g/mol. The van der Waals surface area contributed by atoms with Crippen LogP contribution in [0, 0.1) is 6.92 Å². The first-order valence-electron chi connectivity index (χ1n) is 13.3. The molecular weight excluding hydrogens is 480 g/mol. The summed E-state index contributed by atoms with van der Waals surface area (Å²) in [6, 6.07) is 16.7. The maximum atomic E-state index is 12.6. The fraction of sp³-hybridized carbons (Fsp3) is 0.433. The molecule has 0 fully saturated rings. The number of nitrogens with one attached hydrogen (secondary N) is 1. The van der Waals surface area contributed by atoms with E-state index in [4.69, 9.17) is 9.47 Å². The second-order valence-corrected chi connectivity index (χ2v) is 9.22. The molecular formula is C30H40N4O4. The lowest BCUT2D eigenvalue weighted by Gasteiger charge is -2.35. The number of aromatic hydroxyl groups is 1. The molecule has 0 saturated heterocycles. The zero-order valence-electron chi connectivity index (χ0n) is 22.9. The summed E-state index contributed by atoms with van der Waals surface area (Å²) in [5, 5.41) is 13.0. The van der Waals surface area contributed by atoms with Crippen molar-refractivity contribution in [3.8, 4) is 17.5 Å². The SMILES string of the molecule is CCCCCCN(c1ccccc1)C(CCCNC(=O)c1ccccc1O)c1c(OC)nc(C)nc1OC. The summed E-state index contributed by atoms with van der Waals surface area (Å²) in [5.74, 6) is 1.23. The normalized spacial score (nSPS) is 11.6. The van der Waals surface area contributed by atoms with Crippen LogP contribution in [-0.2, 0) is 0 Å². The van der Waals surface area contributed by atoms with Crippen molar-refractivity contribution in [2.45, 2.75) is 58.4 Å². The van der Waals surface area contributed by atoms with Gasteiger partial charge in [-0.3, -0.25) is 4.79 Å². The number of phenols is 1.